The molecule has 18 heavy (non-hydrogen) atoms. The number of hydrogen-bond acceptors (Lipinski definition) is 3. The summed E-state index contributed by atoms with van der Waals surface area (Å²) in [4.78, 5) is 21.8. The van der Waals surface area contributed by atoms with Crippen molar-refractivity contribution in [2.75, 3.05) is 11.9 Å². The first kappa shape index (κ1) is 14.6. The monoisotopic (exact) mass is 319 g/mol. The average molecular weight is 320 g/mol. The number of carboxylic acids is 1. The fraction of sp³-hybridized carbons (Fsp3) is 0.273. The van der Waals surface area contributed by atoms with Gasteiger partial charge in [0.1, 0.15) is 12.4 Å². The summed E-state index contributed by atoms with van der Waals surface area (Å²) in [5.41, 5.74) is 0.00905. The third-order valence-corrected chi connectivity index (χ3v) is 2.51. The average Bonchev–Trinajstić information content (AvgIpc) is 2.29. The van der Waals surface area contributed by atoms with Gasteiger partial charge >= 0.3 is 5.97 Å². The molecule has 0 bridgehead atoms. The van der Waals surface area contributed by atoms with Crippen molar-refractivity contribution in [2.45, 2.75) is 13.0 Å². The number of carbonyl (C=O) groups is 2. The second-order valence-electron chi connectivity index (χ2n) is 3.46. The first-order valence-corrected chi connectivity index (χ1v) is 5.78. The van der Waals surface area contributed by atoms with Gasteiger partial charge in [-0.2, -0.15) is 0 Å². The summed E-state index contributed by atoms with van der Waals surface area (Å²) >= 11 is 3.09. The Morgan fingerprint density at radius 3 is 2.78 bits per heavy atom. The Balaban J connectivity index is 2.52. The summed E-state index contributed by atoms with van der Waals surface area (Å²) in [5, 5.41) is 10.8. The van der Waals surface area contributed by atoms with Crippen LogP contribution >= 0.6 is 15.9 Å². The molecule has 5 nitrogen and oxygen atoms in total. The van der Waals surface area contributed by atoms with Gasteiger partial charge in [0.2, 0.25) is 5.91 Å². The Morgan fingerprint density at radius 2 is 2.22 bits per heavy atom. The molecular formula is C11H11BrFNO4. The van der Waals surface area contributed by atoms with Crippen LogP contribution in [0.1, 0.15) is 6.92 Å². The molecule has 1 aromatic carbocycles. The van der Waals surface area contributed by atoms with E-state index in [9.17, 15) is 14.0 Å². The highest BCUT2D eigenvalue weighted by molar-refractivity contribution is 9.10. The van der Waals surface area contributed by atoms with Gasteiger partial charge in [0.05, 0.1) is 5.69 Å². The van der Waals surface area contributed by atoms with E-state index in [0.717, 1.165) is 0 Å². The van der Waals surface area contributed by atoms with E-state index in [1.165, 1.54) is 19.1 Å². The molecule has 1 unspecified atom stereocenters. The number of anilines is 1. The molecule has 1 amide bonds. The summed E-state index contributed by atoms with van der Waals surface area (Å²) < 4.78 is 18.7. The first-order chi connectivity index (χ1) is 8.40. The molecule has 98 valence electrons. The summed E-state index contributed by atoms with van der Waals surface area (Å²) in [6.07, 6.45) is -1.09. The van der Waals surface area contributed by atoms with Gasteiger partial charge in [-0.05, 0) is 25.1 Å². The van der Waals surface area contributed by atoms with E-state index in [0.29, 0.717) is 4.47 Å². The number of ether oxygens (including phenoxy) is 1. The largest absolute Gasteiger partial charge is 0.479 e. The second kappa shape index (κ2) is 6.46. The highest BCUT2D eigenvalue weighted by Gasteiger charge is 2.14. The number of hydrogen-bond donors (Lipinski definition) is 2. The molecule has 7 heteroatoms. The summed E-state index contributed by atoms with van der Waals surface area (Å²) in [6.45, 7) is 0.846. The predicted molar refractivity (Wildman–Crippen MR) is 65.8 cm³/mol. The smallest absolute Gasteiger partial charge is 0.332 e. The molecule has 0 aliphatic rings. The minimum Gasteiger partial charge on any atom is -0.479 e. The van der Waals surface area contributed by atoms with Gasteiger partial charge < -0.3 is 15.2 Å². The molecule has 1 rings (SSSR count). The maximum absolute atomic E-state index is 13.4. The summed E-state index contributed by atoms with van der Waals surface area (Å²) in [7, 11) is 0. The van der Waals surface area contributed by atoms with Gasteiger partial charge in [-0.25, -0.2) is 9.18 Å². The minimum absolute atomic E-state index is 0.00905. The van der Waals surface area contributed by atoms with Crippen LogP contribution in [0.3, 0.4) is 0 Å². The number of aliphatic carboxylic acids is 1. The number of rotatable bonds is 5. The lowest BCUT2D eigenvalue weighted by Crippen LogP contribution is -2.26. The van der Waals surface area contributed by atoms with Crippen molar-refractivity contribution in [2.24, 2.45) is 0 Å². The van der Waals surface area contributed by atoms with Gasteiger partial charge in [-0.15, -0.1) is 0 Å². The Morgan fingerprint density at radius 1 is 1.56 bits per heavy atom. The van der Waals surface area contributed by atoms with Crippen molar-refractivity contribution in [1.29, 1.82) is 0 Å². The van der Waals surface area contributed by atoms with Crippen LogP contribution in [0, 0.1) is 5.82 Å². The van der Waals surface area contributed by atoms with Gasteiger partial charge in [-0.1, -0.05) is 15.9 Å². The van der Waals surface area contributed by atoms with Gasteiger partial charge in [0, 0.05) is 4.47 Å². The van der Waals surface area contributed by atoms with E-state index in [2.05, 4.69) is 21.2 Å². The molecule has 0 aromatic heterocycles. The van der Waals surface area contributed by atoms with E-state index < -0.39 is 30.4 Å². The zero-order chi connectivity index (χ0) is 13.7. The number of nitrogens with one attached hydrogen (secondary N) is 1. The third-order valence-electron chi connectivity index (χ3n) is 2.02. The standard InChI is InChI=1S/C11H11BrFNO4/c1-6(11(16)17)18-5-10(15)14-9-3-2-7(12)4-8(9)13/h2-4,6H,5H2,1H3,(H,14,15)(H,16,17). The van der Waals surface area contributed by atoms with E-state index in [1.807, 2.05) is 0 Å². The molecule has 0 spiro atoms. The van der Waals surface area contributed by atoms with Crippen LogP contribution in [0.5, 0.6) is 0 Å². The molecule has 1 atom stereocenters. The zero-order valence-electron chi connectivity index (χ0n) is 9.44. The molecule has 0 aliphatic carbocycles. The predicted octanol–water partition coefficient (Wildman–Crippen LogP) is 2.02. The highest BCUT2D eigenvalue weighted by Crippen LogP contribution is 2.19. The molecule has 0 aliphatic heterocycles. The Kier molecular flexibility index (Phi) is 5.24. The van der Waals surface area contributed by atoms with Crippen LogP contribution in [-0.2, 0) is 14.3 Å². The molecule has 0 radical (unpaired) electrons. The van der Waals surface area contributed by atoms with Crippen molar-refractivity contribution >= 4 is 33.5 Å². The lowest BCUT2D eigenvalue weighted by atomic mass is 10.3. The van der Waals surface area contributed by atoms with Gasteiger partial charge in [0.25, 0.3) is 0 Å². The van der Waals surface area contributed by atoms with Gasteiger partial charge in [0.15, 0.2) is 6.10 Å². The minimum atomic E-state index is -1.17. The SMILES string of the molecule is CC(OCC(=O)Nc1ccc(Br)cc1F)C(=O)O. The first-order valence-electron chi connectivity index (χ1n) is 4.99. The fourth-order valence-corrected chi connectivity index (χ4v) is 1.38. The number of benzene rings is 1. The lowest BCUT2D eigenvalue weighted by molar-refractivity contribution is -0.150. The fourth-order valence-electron chi connectivity index (χ4n) is 1.05. The normalized spacial score (nSPS) is 11.9. The summed E-state index contributed by atoms with van der Waals surface area (Å²) in [6, 6.07) is 4.16. The molecular weight excluding hydrogens is 309 g/mol. The van der Waals surface area contributed by atoms with E-state index in [4.69, 9.17) is 9.84 Å². The molecule has 0 fully saturated rings. The second-order valence-corrected chi connectivity index (χ2v) is 4.38. The van der Waals surface area contributed by atoms with Crippen LogP contribution in [0.2, 0.25) is 0 Å². The van der Waals surface area contributed by atoms with Crippen LogP contribution in [0.25, 0.3) is 0 Å². The Hall–Kier alpha value is -1.47. The van der Waals surface area contributed by atoms with Crippen molar-refractivity contribution in [1.82, 2.24) is 0 Å². The van der Waals surface area contributed by atoms with Crippen molar-refractivity contribution < 1.29 is 23.8 Å². The number of carboxylic acid groups (broad SMARTS) is 1. The highest BCUT2D eigenvalue weighted by atomic mass is 79.9. The van der Waals surface area contributed by atoms with E-state index >= 15 is 0 Å². The number of carbonyl (C=O) groups excluding carboxylic acids is 1. The molecule has 1 aromatic rings. The molecule has 0 heterocycles. The molecule has 0 saturated carbocycles. The maximum Gasteiger partial charge on any atom is 0.332 e. The number of halogens is 2. The van der Waals surface area contributed by atoms with Crippen molar-refractivity contribution in [3.63, 3.8) is 0 Å². The van der Waals surface area contributed by atoms with E-state index in [-0.39, 0.29) is 5.69 Å². The van der Waals surface area contributed by atoms with Crippen LogP contribution in [-0.4, -0.2) is 29.7 Å². The van der Waals surface area contributed by atoms with Gasteiger partial charge in [-0.3, -0.25) is 4.79 Å². The van der Waals surface area contributed by atoms with E-state index in [1.54, 1.807) is 6.07 Å². The topological polar surface area (TPSA) is 75.6 Å². The van der Waals surface area contributed by atoms with Crippen molar-refractivity contribution in [3.8, 4) is 0 Å². The van der Waals surface area contributed by atoms with Crippen LogP contribution in [0.4, 0.5) is 10.1 Å². The maximum atomic E-state index is 13.4. The van der Waals surface area contributed by atoms with Crippen LogP contribution in [0.15, 0.2) is 22.7 Å². The third kappa shape index (κ3) is 4.42. The molecule has 2 N–H and O–H groups in total. The lowest BCUT2D eigenvalue weighted by Gasteiger charge is -2.09. The van der Waals surface area contributed by atoms with Crippen LogP contribution < -0.4 is 5.32 Å². The Labute approximate surface area is 111 Å². The molecule has 0 saturated heterocycles. The zero-order valence-corrected chi connectivity index (χ0v) is 11.0. The Bertz CT molecular complexity index is 466. The number of amides is 1. The quantitative estimate of drug-likeness (QED) is 0.870. The van der Waals surface area contributed by atoms with Crippen molar-refractivity contribution in [3.05, 3.63) is 28.5 Å². The summed E-state index contributed by atoms with van der Waals surface area (Å²) in [5.74, 6) is -2.38.